The highest BCUT2D eigenvalue weighted by molar-refractivity contribution is 5.80. The Morgan fingerprint density at radius 2 is 1.89 bits per heavy atom. The fourth-order valence-electron chi connectivity index (χ4n) is 4.51. The molecule has 0 aromatic carbocycles. The third kappa shape index (κ3) is 5.71. The van der Waals surface area contributed by atoms with Crippen LogP contribution >= 0.6 is 0 Å². The maximum atomic E-state index is 5.25. The van der Waals surface area contributed by atoms with Crippen LogP contribution in [0.5, 0.6) is 0 Å². The molecule has 0 atom stereocenters. The Balaban J connectivity index is 1.46. The van der Waals surface area contributed by atoms with Crippen LogP contribution in [0, 0.1) is 13.8 Å². The van der Waals surface area contributed by atoms with Crippen molar-refractivity contribution in [1.29, 1.82) is 0 Å². The Bertz CT molecular complexity index is 578. The molecule has 6 nitrogen and oxygen atoms in total. The molecule has 0 amide bonds. The van der Waals surface area contributed by atoms with Crippen LogP contribution in [0.2, 0.25) is 0 Å². The van der Waals surface area contributed by atoms with Crippen LogP contribution in [0.15, 0.2) is 9.52 Å². The number of nitrogens with one attached hydrogen (secondary N) is 2. The van der Waals surface area contributed by atoms with Crippen molar-refractivity contribution in [3.05, 3.63) is 17.0 Å². The lowest BCUT2D eigenvalue weighted by Gasteiger charge is -2.39. The normalized spacial score (nSPS) is 20.8. The van der Waals surface area contributed by atoms with E-state index in [4.69, 9.17) is 9.52 Å². The summed E-state index contributed by atoms with van der Waals surface area (Å²) in [4.78, 5) is 7.52. The Kier molecular flexibility index (Phi) is 7.56. The van der Waals surface area contributed by atoms with E-state index in [9.17, 15) is 0 Å². The standard InChI is InChI=1S/C21H37N5O/c1-4-22-21(23-13-10-20-16(2)25-27-17(20)3)24-18-11-14-26(15-12-18)19-8-6-5-7-9-19/h18-19H,4-15H2,1-3H3,(H2,22,23,24). The van der Waals surface area contributed by atoms with Gasteiger partial charge in [0.2, 0.25) is 0 Å². The molecule has 152 valence electrons. The topological polar surface area (TPSA) is 65.7 Å². The number of aryl methyl sites for hydroxylation is 2. The first-order valence-corrected chi connectivity index (χ1v) is 10.9. The second-order valence-corrected chi connectivity index (χ2v) is 8.06. The molecule has 0 bridgehead atoms. The van der Waals surface area contributed by atoms with Crippen LogP contribution in [-0.2, 0) is 6.42 Å². The van der Waals surface area contributed by atoms with Crippen LogP contribution in [0.25, 0.3) is 0 Å². The molecular formula is C21H37N5O. The Morgan fingerprint density at radius 1 is 1.15 bits per heavy atom. The number of likely N-dealkylation sites (tertiary alicyclic amines) is 1. The van der Waals surface area contributed by atoms with Crippen molar-refractivity contribution in [2.45, 2.75) is 84.2 Å². The molecule has 1 aromatic heterocycles. The summed E-state index contributed by atoms with van der Waals surface area (Å²) in [5.74, 6) is 1.86. The van der Waals surface area contributed by atoms with Crippen LogP contribution < -0.4 is 10.6 Å². The van der Waals surface area contributed by atoms with Crippen molar-refractivity contribution in [2.24, 2.45) is 4.99 Å². The van der Waals surface area contributed by atoms with E-state index < -0.39 is 0 Å². The van der Waals surface area contributed by atoms with Gasteiger partial charge in [-0.3, -0.25) is 4.99 Å². The molecule has 0 spiro atoms. The first kappa shape index (κ1) is 20.2. The molecule has 27 heavy (non-hydrogen) atoms. The number of aliphatic imine (C=N–C) groups is 1. The zero-order valence-corrected chi connectivity index (χ0v) is 17.4. The van der Waals surface area contributed by atoms with Crippen molar-refractivity contribution < 1.29 is 4.52 Å². The quantitative estimate of drug-likeness (QED) is 0.590. The van der Waals surface area contributed by atoms with E-state index in [0.717, 1.165) is 43.0 Å². The largest absolute Gasteiger partial charge is 0.361 e. The highest BCUT2D eigenvalue weighted by Crippen LogP contribution is 2.25. The van der Waals surface area contributed by atoms with E-state index >= 15 is 0 Å². The lowest BCUT2D eigenvalue weighted by molar-refractivity contribution is 0.119. The third-order valence-electron chi connectivity index (χ3n) is 6.12. The molecule has 2 heterocycles. The first-order valence-electron chi connectivity index (χ1n) is 10.9. The molecule has 1 saturated heterocycles. The monoisotopic (exact) mass is 375 g/mol. The van der Waals surface area contributed by atoms with Gasteiger partial charge in [0.1, 0.15) is 5.76 Å². The van der Waals surface area contributed by atoms with Crippen LogP contribution in [0.4, 0.5) is 0 Å². The molecule has 2 fully saturated rings. The van der Waals surface area contributed by atoms with Gasteiger partial charge in [-0.2, -0.15) is 0 Å². The lowest BCUT2D eigenvalue weighted by Crippen LogP contribution is -2.51. The number of aromatic nitrogens is 1. The predicted octanol–water partition coefficient (Wildman–Crippen LogP) is 3.19. The Hall–Kier alpha value is -1.56. The minimum atomic E-state index is 0.529. The molecule has 1 aliphatic carbocycles. The lowest BCUT2D eigenvalue weighted by atomic mass is 9.92. The van der Waals surface area contributed by atoms with Gasteiger partial charge in [0, 0.05) is 43.8 Å². The van der Waals surface area contributed by atoms with E-state index in [-0.39, 0.29) is 0 Å². The second kappa shape index (κ2) is 10.1. The number of hydrogen-bond donors (Lipinski definition) is 2. The summed E-state index contributed by atoms with van der Waals surface area (Å²) in [6.07, 6.45) is 10.4. The summed E-state index contributed by atoms with van der Waals surface area (Å²) < 4.78 is 5.25. The number of guanidine groups is 1. The SMILES string of the molecule is CCNC(=NCCc1c(C)noc1C)NC1CCN(C2CCCCC2)CC1. The average Bonchev–Trinajstić information content (AvgIpc) is 3.01. The minimum absolute atomic E-state index is 0.529. The van der Waals surface area contributed by atoms with Crippen molar-refractivity contribution >= 4 is 5.96 Å². The Morgan fingerprint density at radius 3 is 2.52 bits per heavy atom. The molecule has 3 rings (SSSR count). The zero-order chi connectivity index (χ0) is 19.1. The first-order chi connectivity index (χ1) is 13.2. The molecule has 0 unspecified atom stereocenters. The van der Waals surface area contributed by atoms with E-state index in [1.54, 1.807) is 0 Å². The zero-order valence-electron chi connectivity index (χ0n) is 17.4. The summed E-state index contributed by atoms with van der Waals surface area (Å²) in [5, 5.41) is 11.1. The highest BCUT2D eigenvalue weighted by atomic mass is 16.5. The molecule has 1 saturated carbocycles. The molecular weight excluding hydrogens is 338 g/mol. The van der Waals surface area contributed by atoms with E-state index in [1.165, 1.54) is 63.6 Å². The number of hydrogen-bond acceptors (Lipinski definition) is 4. The van der Waals surface area contributed by atoms with Gasteiger partial charge in [-0.25, -0.2) is 0 Å². The molecule has 0 radical (unpaired) electrons. The van der Waals surface area contributed by atoms with Gasteiger partial charge in [-0.15, -0.1) is 0 Å². The molecule has 2 N–H and O–H groups in total. The fraction of sp³-hybridized carbons (Fsp3) is 0.810. The van der Waals surface area contributed by atoms with Crippen molar-refractivity contribution in [3.8, 4) is 0 Å². The van der Waals surface area contributed by atoms with Gasteiger partial charge in [-0.1, -0.05) is 24.4 Å². The molecule has 6 heteroatoms. The van der Waals surface area contributed by atoms with Gasteiger partial charge in [0.25, 0.3) is 0 Å². The maximum absolute atomic E-state index is 5.25. The van der Waals surface area contributed by atoms with E-state index in [1.807, 2.05) is 13.8 Å². The number of rotatable bonds is 6. The number of nitrogens with zero attached hydrogens (tertiary/aromatic N) is 3. The minimum Gasteiger partial charge on any atom is -0.361 e. The summed E-state index contributed by atoms with van der Waals surface area (Å²) >= 11 is 0. The summed E-state index contributed by atoms with van der Waals surface area (Å²) in [5.41, 5.74) is 2.17. The van der Waals surface area contributed by atoms with Crippen molar-refractivity contribution in [2.75, 3.05) is 26.2 Å². The Labute approximate surface area is 164 Å². The van der Waals surface area contributed by atoms with Crippen molar-refractivity contribution in [1.82, 2.24) is 20.7 Å². The maximum Gasteiger partial charge on any atom is 0.191 e. The van der Waals surface area contributed by atoms with Crippen LogP contribution in [0.1, 0.15) is 68.9 Å². The molecule has 1 aliphatic heterocycles. The summed E-state index contributed by atoms with van der Waals surface area (Å²) in [6, 6.07) is 1.37. The van der Waals surface area contributed by atoms with Gasteiger partial charge >= 0.3 is 0 Å². The summed E-state index contributed by atoms with van der Waals surface area (Å²) in [6.45, 7) is 10.2. The number of piperidine rings is 1. The third-order valence-corrected chi connectivity index (χ3v) is 6.12. The van der Waals surface area contributed by atoms with Gasteiger partial charge in [0.05, 0.1) is 5.69 Å². The van der Waals surface area contributed by atoms with Gasteiger partial charge in [0.15, 0.2) is 5.96 Å². The summed E-state index contributed by atoms with van der Waals surface area (Å²) in [7, 11) is 0. The van der Waals surface area contributed by atoms with Crippen LogP contribution in [-0.4, -0.2) is 54.3 Å². The second-order valence-electron chi connectivity index (χ2n) is 8.06. The van der Waals surface area contributed by atoms with Gasteiger partial charge in [-0.05, 0) is 52.9 Å². The smallest absolute Gasteiger partial charge is 0.191 e. The van der Waals surface area contributed by atoms with Crippen LogP contribution in [0.3, 0.4) is 0 Å². The molecule has 2 aliphatic rings. The van der Waals surface area contributed by atoms with E-state index in [2.05, 4.69) is 27.6 Å². The predicted molar refractivity (Wildman–Crippen MR) is 110 cm³/mol. The van der Waals surface area contributed by atoms with Gasteiger partial charge < -0.3 is 20.1 Å². The van der Waals surface area contributed by atoms with Crippen molar-refractivity contribution in [3.63, 3.8) is 0 Å². The highest BCUT2D eigenvalue weighted by Gasteiger charge is 2.26. The molecule has 1 aromatic rings. The average molecular weight is 376 g/mol. The van der Waals surface area contributed by atoms with E-state index in [0.29, 0.717) is 6.04 Å². The fourth-order valence-corrected chi connectivity index (χ4v) is 4.51.